The van der Waals surface area contributed by atoms with Crippen LogP contribution in [0.25, 0.3) is 0 Å². The van der Waals surface area contributed by atoms with E-state index in [0.717, 1.165) is 10.4 Å². The van der Waals surface area contributed by atoms with Gasteiger partial charge in [0, 0.05) is 4.88 Å². The van der Waals surface area contributed by atoms with Crippen LogP contribution in [0.2, 0.25) is 0 Å². The van der Waals surface area contributed by atoms with Gasteiger partial charge in [-0.15, -0.1) is 17.8 Å². The summed E-state index contributed by atoms with van der Waals surface area (Å²) >= 11 is 1.52. The maximum absolute atomic E-state index is 11.5. The Kier molecular flexibility index (Phi) is 4.35. The Morgan fingerprint density at radius 3 is 3.00 bits per heavy atom. The fraction of sp³-hybridized carbons (Fsp3) is 0.364. The van der Waals surface area contributed by atoms with E-state index < -0.39 is 6.04 Å². The maximum Gasteiger partial charge on any atom is 0.328 e. The molecule has 80 valence electrons. The van der Waals surface area contributed by atoms with Crippen molar-refractivity contribution in [1.82, 2.24) is 5.32 Å². The van der Waals surface area contributed by atoms with Crippen LogP contribution in [0.5, 0.6) is 0 Å². The van der Waals surface area contributed by atoms with E-state index in [2.05, 4.69) is 11.2 Å². The van der Waals surface area contributed by atoms with Crippen molar-refractivity contribution in [1.29, 1.82) is 0 Å². The van der Waals surface area contributed by atoms with E-state index in [0.29, 0.717) is 6.54 Å². The predicted molar refractivity (Wildman–Crippen MR) is 60.6 cm³/mol. The number of ether oxygens (including phenoxy) is 1. The Morgan fingerprint density at radius 1 is 1.80 bits per heavy atom. The van der Waals surface area contributed by atoms with Crippen LogP contribution in [-0.4, -0.2) is 19.6 Å². The summed E-state index contributed by atoms with van der Waals surface area (Å²) in [4.78, 5) is 12.5. The van der Waals surface area contributed by atoms with Gasteiger partial charge in [0.25, 0.3) is 0 Å². The van der Waals surface area contributed by atoms with E-state index >= 15 is 0 Å². The van der Waals surface area contributed by atoms with Gasteiger partial charge in [-0.3, -0.25) is 5.32 Å². The normalized spacial score (nSPS) is 11.8. The van der Waals surface area contributed by atoms with Crippen molar-refractivity contribution in [3.05, 3.63) is 21.9 Å². The fourth-order valence-corrected chi connectivity index (χ4v) is 2.23. The van der Waals surface area contributed by atoms with Crippen LogP contribution in [0.4, 0.5) is 0 Å². The number of rotatable bonds is 4. The molecule has 0 radical (unpaired) electrons. The summed E-state index contributed by atoms with van der Waals surface area (Å²) in [7, 11) is 1.37. The molecule has 0 amide bonds. The first kappa shape index (κ1) is 11.8. The van der Waals surface area contributed by atoms with Crippen LogP contribution < -0.4 is 5.32 Å². The highest BCUT2D eigenvalue weighted by molar-refractivity contribution is 7.10. The Morgan fingerprint density at radius 2 is 2.53 bits per heavy atom. The van der Waals surface area contributed by atoms with Crippen LogP contribution >= 0.6 is 11.3 Å². The van der Waals surface area contributed by atoms with E-state index in [1.54, 1.807) is 0 Å². The summed E-state index contributed by atoms with van der Waals surface area (Å²) < 4.78 is 4.72. The van der Waals surface area contributed by atoms with Crippen molar-refractivity contribution in [2.45, 2.75) is 13.0 Å². The Bertz CT molecular complexity index is 378. The highest BCUT2D eigenvalue weighted by Crippen LogP contribution is 2.24. The van der Waals surface area contributed by atoms with E-state index in [9.17, 15) is 4.79 Å². The first-order valence-electron chi connectivity index (χ1n) is 4.49. The number of carbonyl (C=O) groups is 1. The molecule has 1 N–H and O–H groups in total. The zero-order valence-corrected chi connectivity index (χ0v) is 9.56. The van der Waals surface area contributed by atoms with E-state index in [-0.39, 0.29) is 5.97 Å². The second-order valence-electron chi connectivity index (χ2n) is 3.01. The highest BCUT2D eigenvalue weighted by Gasteiger charge is 2.23. The lowest BCUT2D eigenvalue weighted by Gasteiger charge is -2.14. The van der Waals surface area contributed by atoms with Crippen molar-refractivity contribution in [3.63, 3.8) is 0 Å². The van der Waals surface area contributed by atoms with E-state index in [4.69, 9.17) is 11.2 Å². The Labute approximate surface area is 93.5 Å². The summed E-state index contributed by atoms with van der Waals surface area (Å²) in [6.07, 6.45) is 5.15. The standard InChI is InChI=1S/C11H13NO2S/c1-4-6-12-9(11(13)14-3)10-8(2)5-7-15-10/h1,5,7,9,12H,6H2,2-3H3. The van der Waals surface area contributed by atoms with Crippen molar-refractivity contribution in [3.8, 4) is 12.3 Å². The lowest BCUT2D eigenvalue weighted by molar-refractivity contribution is -0.143. The van der Waals surface area contributed by atoms with Crippen LogP contribution in [0.1, 0.15) is 16.5 Å². The zero-order valence-electron chi connectivity index (χ0n) is 8.74. The van der Waals surface area contributed by atoms with Gasteiger partial charge in [0.05, 0.1) is 13.7 Å². The van der Waals surface area contributed by atoms with Gasteiger partial charge in [0.15, 0.2) is 0 Å². The topological polar surface area (TPSA) is 38.3 Å². The van der Waals surface area contributed by atoms with Gasteiger partial charge in [-0.25, -0.2) is 4.79 Å². The van der Waals surface area contributed by atoms with Gasteiger partial charge in [-0.05, 0) is 23.9 Å². The number of hydrogen-bond donors (Lipinski definition) is 1. The first-order chi connectivity index (χ1) is 7.20. The summed E-state index contributed by atoms with van der Waals surface area (Å²) in [5.74, 6) is 2.13. The van der Waals surface area contributed by atoms with Gasteiger partial charge in [-0.1, -0.05) is 5.92 Å². The SMILES string of the molecule is C#CCNC(C(=O)OC)c1sccc1C. The molecular formula is C11H13NO2S. The minimum Gasteiger partial charge on any atom is -0.468 e. The van der Waals surface area contributed by atoms with Crippen molar-refractivity contribution >= 4 is 17.3 Å². The number of nitrogens with one attached hydrogen (secondary N) is 1. The molecule has 1 aromatic heterocycles. The van der Waals surface area contributed by atoms with Gasteiger partial charge < -0.3 is 4.74 Å². The fourth-order valence-electron chi connectivity index (χ4n) is 1.24. The molecule has 3 nitrogen and oxygen atoms in total. The second kappa shape index (κ2) is 5.54. The largest absolute Gasteiger partial charge is 0.468 e. The molecule has 0 aliphatic carbocycles. The molecular weight excluding hydrogens is 210 g/mol. The zero-order chi connectivity index (χ0) is 11.3. The van der Waals surface area contributed by atoms with E-state index in [1.807, 2.05) is 18.4 Å². The summed E-state index contributed by atoms with van der Waals surface area (Å²) in [6.45, 7) is 2.30. The molecule has 0 spiro atoms. The third kappa shape index (κ3) is 2.82. The number of carbonyl (C=O) groups excluding carboxylic acids is 1. The van der Waals surface area contributed by atoms with Gasteiger partial charge in [0.2, 0.25) is 0 Å². The first-order valence-corrected chi connectivity index (χ1v) is 5.37. The lowest BCUT2D eigenvalue weighted by Crippen LogP contribution is -2.29. The monoisotopic (exact) mass is 223 g/mol. The molecule has 0 aromatic carbocycles. The van der Waals surface area contributed by atoms with Crippen molar-refractivity contribution in [2.75, 3.05) is 13.7 Å². The third-order valence-corrected chi connectivity index (χ3v) is 3.09. The average molecular weight is 223 g/mol. The molecule has 1 atom stereocenters. The second-order valence-corrected chi connectivity index (χ2v) is 3.96. The molecule has 4 heteroatoms. The molecule has 0 bridgehead atoms. The number of aryl methyl sites for hydroxylation is 1. The molecule has 0 fully saturated rings. The summed E-state index contributed by atoms with van der Waals surface area (Å²) in [5, 5.41) is 4.91. The number of hydrogen-bond acceptors (Lipinski definition) is 4. The van der Waals surface area contributed by atoms with Crippen LogP contribution in [0.3, 0.4) is 0 Å². The average Bonchev–Trinajstić information content (AvgIpc) is 2.65. The van der Waals surface area contributed by atoms with Gasteiger partial charge in [0.1, 0.15) is 6.04 Å². The molecule has 1 rings (SSSR count). The van der Waals surface area contributed by atoms with Crippen LogP contribution in [-0.2, 0) is 9.53 Å². The minimum absolute atomic E-state index is 0.309. The number of thiophene rings is 1. The number of methoxy groups -OCH3 is 1. The number of esters is 1. The minimum atomic E-state index is -0.453. The third-order valence-electron chi connectivity index (χ3n) is 2.01. The van der Waals surface area contributed by atoms with Gasteiger partial charge in [-0.2, -0.15) is 0 Å². The quantitative estimate of drug-likeness (QED) is 0.621. The van der Waals surface area contributed by atoms with E-state index in [1.165, 1.54) is 18.4 Å². The highest BCUT2D eigenvalue weighted by atomic mass is 32.1. The molecule has 1 heterocycles. The molecule has 0 aliphatic rings. The Hall–Kier alpha value is -1.31. The molecule has 1 aromatic rings. The van der Waals surface area contributed by atoms with Crippen molar-refractivity contribution < 1.29 is 9.53 Å². The van der Waals surface area contributed by atoms with Crippen molar-refractivity contribution in [2.24, 2.45) is 0 Å². The smallest absolute Gasteiger partial charge is 0.328 e. The van der Waals surface area contributed by atoms with Gasteiger partial charge >= 0.3 is 5.97 Å². The number of terminal acetylenes is 1. The molecule has 0 saturated heterocycles. The molecule has 0 saturated carbocycles. The molecule has 1 unspecified atom stereocenters. The summed E-state index contributed by atoms with van der Waals surface area (Å²) in [6, 6.07) is 1.51. The molecule has 15 heavy (non-hydrogen) atoms. The van der Waals surface area contributed by atoms with Crippen LogP contribution in [0, 0.1) is 19.3 Å². The lowest BCUT2D eigenvalue weighted by atomic mass is 10.1. The Balaban J connectivity index is 2.87. The van der Waals surface area contributed by atoms with Crippen LogP contribution in [0.15, 0.2) is 11.4 Å². The summed E-state index contributed by atoms with van der Waals surface area (Å²) in [5.41, 5.74) is 1.07. The molecule has 0 aliphatic heterocycles. The maximum atomic E-state index is 11.5. The predicted octanol–water partition coefficient (Wildman–Crippen LogP) is 1.49.